The van der Waals surface area contributed by atoms with Gasteiger partial charge in [-0.15, -0.1) is 0 Å². The second-order valence-electron chi connectivity index (χ2n) is 4.86. The van der Waals surface area contributed by atoms with E-state index < -0.39 is 0 Å². The van der Waals surface area contributed by atoms with Crippen LogP contribution in [0.5, 0.6) is 5.75 Å². The summed E-state index contributed by atoms with van der Waals surface area (Å²) in [6.07, 6.45) is 0.708. The van der Waals surface area contributed by atoms with Gasteiger partial charge in [-0.2, -0.15) is 0 Å². The molecule has 21 heavy (non-hydrogen) atoms. The number of nitrogens with two attached hydrogens (primary N) is 1. The summed E-state index contributed by atoms with van der Waals surface area (Å²) in [4.78, 5) is 0. The van der Waals surface area contributed by atoms with E-state index in [0.29, 0.717) is 11.4 Å². The first kappa shape index (κ1) is 16.5. The van der Waals surface area contributed by atoms with Crippen molar-refractivity contribution in [2.24, 2.45) is 5.84 Å². The predicted molar refractivity (Wildman–Crippen MR) is 95.7 cm³/mol. The maximum absolute atomic E-state index is 6.09. The Balaban J connectivity index is 2.35. The Morgan fingerprint density at radius 2 is 2.10 bits per heavy atom. The average molecular weight is 417 g/mol. The molecular weight excluding hydrogens is 399 g/mol. The zero-order valence-corrected chi connectivity index (χ0v) is 14.9. The highest BCUT2D eigenvalue weighted by Gasteiger charge is 2.17. The molecule has 0 aliphatic carbocycles. The smallest absolute Gasteiger partial charge is 0.122 e. The van der Waals surface area contributed by atoms with Crippen molar-refractivity contribution in [3.8, 4) is 5.75 Å². The van der Waals surface area contributed by atoms with Gasteiger partial charge in [-0.25, -0.2) is 0 Å². The number of hydrogen-bond acceptors (Lipinski definition) is 3. The topological polar surface area (TPSA) is 47.3 Å². The molecule has 0 amide bonds. The fourth-order valence-corrected chi connectivity index (χ4v) is 3.25. The highest BCUT2D eigenvalue weighted by Crippen LogP contribution is 2.30. The van der Waals surface area contributed by atoms with Crippen LogP contribution in [0, 0.1) is 10.5 Å². The Morgan fingerprint density at radius 3 is 2.76 bits per heavy atom. The zero-order valence-electron chi connectivity index (χ0n) is 12.0. The first-order valence-corrected chi connectivity index (χ1v) is 8.06. The van der Waals surface area contributed by atoms with Gasteiger partial charge in [0, 0.05) is 8.59 Å². The summed E-state index contributed by atoms with van der Waals surface area (Å²) >= 11 is 8.45. The molecule has 1 unspecified atom stereocenters. The summed E-state index contributed by atoms with van der Waals surface area (Å²) in [6.45, 7) is 2.10. The number of halogens is 2. The van der Waals surface area contributed by atoms with Crippen LogP contribution in [0.3, 0.4) is 0 Å². The van der Waals surface area contributed by atoms with E-state index in [0.717, 1.165) is 11.3 Å². The van der Waals surface area contributed by atoms with Gasteiger partial charge in [0.1, 0.15) is 5.75 Å². The maximum Gasteiger partial charge on any atom is 0.122 e. The first-order valence-electron chi connectivity index (χ1n) is 6.60. The van der Waals surface area contributed by atoms with E-state index in [1.165, 1.54) is 14.7 Å². The van der Waals surface area contributed by atoms with Crippen molar-refractivity contribution in [1.29, 1.82) is 0 Å². The molecule has 2 aromatic carbocycles. The predicted octanol–water partition coefficient (Wildman–Crippen LogP) is 4.01. The zero-order chi connectivity index (χ0) is 15.4. The van der Waals surface area contributed by atoms with E-state index in [9.17, 15) is 0 Å². The lowest BCUT2D eigenvalue weighted by Gasteiger charge is -2.20. The van der Waals surface area contributed by atoms with Crippen molar-refractivity contribution in [2.45, 2.75) is 19.4 Å². The molecule has 0 aliphatic heterocycles. The Hall–Kier alpha value is -0.820. The van der Waals surface area contributed by atoms with E-state index in [-0.39, 0.29) is 6.04 Å². The van der Waals surface area contributed by atoms with Crippen molar-refractivity contribution in [3.63, 3.8) is 0 Å². The van der Waals surface area contributed by atoms with Crippen LogP contribution in [0.15, 0.2) is 36.4 Å². The van der Waals surface area contributed by atoms with Crippen LogP contribution in [0.25, 0.3) is 0 Å². The second-order valence-corrected chi connectivity index (χ2v) is 6.37. The summed E-state index contributed by atoms with van der Waals surface area (Å²) < 4.78 is 6.63. The van der Waals surface area contributed by atoms with Crippen LogP contribution in [-0.2, 0) is 6.42 Å². The van der Waals surface area contributed by atoms with Gasteiger partial charge < -0.3 is 4.74 Å². The minimum Gasteiger partial charge on any atom is -0.496 e. The molecule has 112 valence electrons. The normalized spacial score (nSPS) is 12.2. The first-order chi connectivity index (χ1) is 10.1. The summed E-state index contributed by atoms with van der Waals surface area (Å²) in [5.74, 6) is 6.60. The average Bonchev–Trinajstić information content (AvgIpc) is 2.48. The fourth-order valence-electron chi connectivity index (χ4n) is 2.32. The highest BCUT2D eigenvalue weighted by molar-refractivity contribution is 14.1. The summed E-state index contributed by atoms with van der Waals surface area (Å²) in [6, 6.07) is 11.9. The van der Waals surface area contributed by atoms with Gasteiger partial charge in [0.15, 0.2) is 0 Å². The van der Waals surface area contributed by atoms with Gasteiger partial charge in [0.25, 0.3) is 0 Å². The standard InChI is InChI=1S/C16H18ClIN2O/c1-10-4-3-5-13(16(10)18)14(20-19)9-11-8-12(17)6-7-15(11)21-2/h3-8,14,20H,9,19H2,1-2H3. The van der Waals surface area contributed by atoms with Gasteiger partial charge in [-0.05, 0) is 70.8 Å². The number of methoxy groups -OCH3 is 1. The number of ether oxygens (including phenoxy) is 1. The molecule has 0 saturated heterocycles. The quantitative estimate of drug-likeness (QED) is 0.440. The van der Waals surface area contributed by atoms with E-state index in [1.807, 2.05) is 24.3 Å². The maximum atomic E-state index is 6.09. The van der Waals surface area contributed by atoms with Crippen molar-refractivity contribution in [1.82, 2.24) is 5.43 Å². The van der Waals surface area contributed by atoms with Crippen LogP contribution in [0.4, 0.5) is 0 Å². The number of benzene rings is 2. The van der Waals surface area contributed by atoms with Crippen molar-refractivity contribution in [3.05, 3.63) is 61.7 Å². The van der Waals surface area contributed by atoms with Gasteiger partial charge in [0.05, 0.1) is 13.2 Å². The number of hydrogen-bond donors (Lipinski definition) is 2. The van der Waals surface area contributed by atoms with Gasteiger partial charge in [-0.3, -0.25) is 11.3 Å². The summed E-state index contributed by atoms with van der Waals surface area (Å²) in [7, 11) is 1.66. The monoisotopic (exact) mass is 416 g/mol. The lowest BCUT2D eigenvalue weighted by Crippen LogP contribution is -2.30. The van der Waals surface area contributed by atoms with E-state index in [2.05, 4.69) is 47.1 Å². The Labute approximate surface area is 143 Å². The molecule has 0 heterocycles. The molecule has 1 atom stereocenters. The van der Waals surface area contributed by atoms with Gasteiger partial charge in [0.2, 0.25) is 0 Å². The Kier molecular flexibility index (Phi) is 5.87. The van der Waals surface area contributed by atoms with Crippen LogP contribution in [-0.4, -0.2) is 7.11 Å². The minimum absolute atomic E-state index is 0.00386. The molecule has 2 aromatic rings. The second kappa shape index (κ2) is 7.45. The van der Waals surface area contributed by atoms with Crippen molar-refractivity contribution in [2.75, 3.05) is 7.11 Å². The largest absolute Gasteiger partial charge is 0.496 e. The molecule has 0 bridgehead atoms. The molecule has 3 N–H and O–H groups in total. The van der Waals surface area contributed by atoms with E-state index in [1.54, 1.807) is 7.11 Å². The third-order valence-electron chi connectivity index (χ3n) is 3.46. The van der Waals surface area contributed by atoms with Crippen LogP contribution >= 0.6 is 34.2 Å². The van der Waals surface area contributed by atoms with Crippen molar-refractivity contribution >= 4 is 34.2 Å². The number of aryl methyl sites for hydroxylation is 1. The molecule has 2 rings (SSSR count). The lowest BCUT2D eigenvalue weighted by molar-refractivity contribution is 0.405. The van der Waals surface area contributed by atoms with Crippen LogP contribution in [0.1, 0.15) is 22.7 Å². The summed E-state index contributed by atoms with van der Waals surface area (Å²) in [5.41, 5.74) is 6.36. The SMILES string of the molecule is COc1ccc(Cl)cc1CC(NN)c1cccc(C)c1I. The molecule has 0 radical (unpaired) electrons. The van der Waals surface area contributed by atoms with Crippen LogP contribution < -0.4 is 16.0 Å². The molecule has 5 heteroatoms. The third kappa shape index (κ3) is 3.88. The molecule has 3 nitrogen and oxygen atoms in total. The van der Waals surface area contributed by atoms with Crippen molar-refractivity contribution < 1.29 is 4.74 Å². The van der Waals surface area contributed by atoms with Gasteiger partial charge >= 0.3 is 0 Å². The Morgan fingerprint density at radius 1 is 1.33 bits per heavy atom. The minimum atomic E-state index is 0.00386. The molecule has 0 aromatic heterocycles. The van der Waals surface area contributed by atoms with E-state index in [4.69, 9.17) is 22.2 Å². The molecule has 0 spiro atoms. The number of rotatable bonds is 5. The fraction of sp³-hybridized carbons (Fsp3) is 0.250. The molecule has 0 aliphatic rings. The molecular formula is C16H18ClIN2O. The summed E-state index contributed by atoms with van der Waals surface area (Å²) in [5, 5.41) is 0.695. The number of nitrogens with one attached hydrogen (secondary N) is 1. The number of hydrazine groups is 1. The van der Waals surface area contributed by atoms with E-state index >= 15 is 0 Å². The Bertz CT molecular complexity index is 634. The van der Waals surface area contributed by atoms with Gasteiger partial charge in [-0.1, -0.05) is 29.8 Å². The third-order valence-corrected chi connectivity index (χ3v) is 5.17. The molecule has 0 fully saturated rings. The molecule has 0 saturated carbocycles. The lowest BCUT2D eigenvalue weighted by atomic mass is 9.97. The van der Waals surface area contributed by atoms with Crippen LogP contribution in [0.2, 0.25) is 5.02 Å². The highest BCUT2D eigenvalue weighted by atomic mass is 127.